The number of rotatable bonds is 4. The summed E-state index contributed by atoms with van der Waals surface area (Å²) in [6, 6.07) is 0. The third kappa shape index (κ3) is 3.46. The SMILES string of the molecule is CC(=O)OC[C@H]1O[C@@H](n2cc(F)c3c(Cl)ncnc32)[C@](C)(F)[C@@H]1OC(C)=O. The summed E-state index contributed by atoms with van der Waals surface area (Å²) in [4.78, 5) is 30.2. The lowest BCUT2D eigenvalue weighted by atomic mass is 9.98. The Kier molecular flexibility index (Phi) is 5.04. The van der Waals surface area contributed by atoms with E-state index in [-0.39, 0.29) is 22.8 Å². The van der Waals surface area contributed by atoms with Crippen LogP contribution in [0.5, 0.6) is 0 Å². The lowest BCUT2D eigenvalue weighted by Crippen LogP contribution is -2.44. The Bertz CT molecular complexity index is 904. The van der Waals surface area contributed by atoms with Gasteiger partial charge in [0.05, 0.1) is 5.39 Å². The lowest BCUT2D eigenvalue weighted by molar-refractivity contribution is -0.158. The molecule has 146 valence electrons. The molecule has 27 heavy (non-hydrogen) atoms. The van der Waals surface area contributed by atoms with Crippen LogP contribution in [0.4, 0.5) is 8.78 Å². The summed E-state index contributed by atoms with van der Waals surface area (Å²) in [5.41, 5.74) is -2.28. The van der Waals surface area contributed by atoms with Crippen LogP contribution in [0.25, 0.3) is 11.0 Å². The highest BCUT2D eigenvalue weighted by atomic mass is 35.5. The molecular formula is C16H16ClF2N3O5. The predicted molar refractivity (Wildman–Crippen MR) is 88.1 cm³/mol. The second-order valence-electron chi connectivity index (χ2n) is 6.26. The highest BCUT2D eigenvalue weighted by molar-refractivity contribution is 6.34. The van der Waals surface area contributed by atoms with Gasteiger partial charge < -0.3 is 14.2 Å². The number of carbonyl (C=O) groups is 2. The average Bonchev–Trinajstić information content (AvgIpc) is 3.01. The molecule has 1 aliphatic heterocycles. The first kappa shape index (κ1) is 19.4. The topological polar surface area (TPSA) is 92.5 Å². The molecule has 1 fully saturated rings. The van der Waals surface area contributed by atoms with E-state index >= 15 is 4.39 Å². The minimum absolute atomic E-state index is 0.0103. The zero-order valence-electron chi connectivity index (χ0n) is 14.6. The molecule has 0 unspecified atom stereocenters. The molecule has 0 aromatic carbocycles. The molecule has 8 nitrogen and oxygen atoms in total. The Labute approximate surface area is 157 Å². The number of fused-ring (bicyclic) bond motifs is 1. The summed E-state index contributed by atoms with van der Waals surface area (Å²) < 4.78 is 46.7. The van der Waals surface area contributed by atoms with Crippen molar-refractivity contribution in [3.05, 3.63) is 23.5 Å². The van der Waals surface area contributed by atoms with Crippen LogP contribution in [-0.2, 0) is 23.8 Å². The van der Waals surface area contributed by atoms with Gasteiger partial charge in [-0.1, -0.05) is 11.6 Å². The van der Waals surface area contributed by atoms with E-state index in [1.54, 1.807) is 0 Å². The highest BCUT2D eigenvalue weighted by Gasteiger charge is 2.58. The maximum absolute atomic E-state index is 15.6. The van der Waals surface area contributed by atoms with Crippen LogP contribution in [-0.4, -0.2) is 51.0 Å². The van der Waals surface area contributed by atoms with Crippen molar-refractivity contribution in [2.75, 3.05) is 6.61 Å². The van der Waals surface area contributed by atoms with E-state index in [0.29, 0.717) is 0 Å². The number of aromatic nitrogens is 3. The zero-order chi connectivity index (χ0) is 19.9. The summed E-state index contributed by atoms with van der Waals surface area (Å²) in [6.07, 6.45) is -1.83. The maximum atomic E-state index is 15.6. The average molecular weight is 404 g/mol. The minimum Gasteiger partial charge on any atom is -0.463 e. The van der Waals surface area contributed by atoms with E-state index in [2.05, 4.69) is 9.97 Å². The van der Waals surface area contributed by atoms with Crippen molar-refractivity contribution in [3.8, 4) is 0 Å². The molecule has 0 radical (unpaired) electrons. The van der Waals surface area contributed by atoms with Crippen molar-refractivity contribution in [3.63, 3.8) is 0 Å². The molecule has 4 atom stereocenters. The third-order valence-corrected chi connectivity index (χ3v) is 4.48. The van der Waals surface area contributed by atoms with E-state index in [1.807, 2.05) is 0 Å². The summed E-state index contributed by atoms with van der Waals surface area (Å²) in [6.45, 7) is 3.09. The largest absolute Gasteiger partial charge is 0.463 e. The van der Waals surface area contributed by atoms with E-state index in [1.165, 1.54) is 6.92 Å². The van der Waals surface area contributed by atoms with Gasteiger partial charge in [0.25, 0.3) is 0 Å². The normalized spacial score (nSPS) is 27.7. The van der Waals surface area contributed by atoms with Gasteiger partial charge in [-0.25, -0.2) is 18.7 Å². The number of hydrogen-bond acceptors (Lipinski definition) is 7. The molecule has 2 aromatic rings. The van der Waals surface area contributed by atoms with Gasteiger partial charge in [-0.3, -0.25) is 14.2 Å². The van der Waals surface area contributed by atoms with E-state index in [4.69, 9.17) is 25.8 Å². The molecule has 0 amide bonds. The van der Waals surface area contributed by atoms with Gasteiger partial charge >= 0.3 is 11.9 Å². The van der Waals surface area contributed by atoms with Gasteiger partial charge in [0, 0.05) is 20.0 Å². The monoisotopic (exact) mass is 403 g/mol. The molecule has 2 aromatic heterocycles. The van der Waals surface area contributed by atoms with Gasteiger partial charge in [-0.2, -0.15) is 0 Å². The molecule has 0 aliphatic carbocycles. The van der Waals surface area contributed by atoms with E-state index < -0.39 is 41.9 Å². The molecule has 0 spiro atoms. The van der Waals surface area contributed by atoms with Crippen LogP contribution in [0.15, 0.2) is 12.5 Å². The molecule has 0 saturated carbocycles. The quantitative estimate of drug-likeness (QED) is 0.571. The Morgan fingerprint density at radius 2 is 2.07 bits per heavy atom. The molecule has 11 heteroatoms. The number of halogens is 3. The van der Waals surface area contributed by atoms with Crippen molar-refractivity contribution in [2.24, 2.45) is 0 Å². The number of alkyl halides is 1. The fourth-order valence-corrected chi connectivity index (χ4v) is 3.31. The molecule has 3 heterocycles. The summed E-state index contributed by atoms with van der Waals surface area (Å²) in [5.74, 6) is -2.11. The van der Waals surface area contributed by atoms with E-state index in [0.717, 1.165) is 30.9 Å². The van der Waals surface area contributed by atoms with Gasteiger partial charge in [-0.05, 0) is 6.92 Å². The van der Waals surface area contributed by atoms with Gasteiger partial charge in [0.1, 0.15) is 29.8 Å². The smallest absolute Gasteiger partial charge is 0.303 e. The Morgan fingerprint density at radius 1 is 1.37 bits per heavy atom. The summed E-state index contributed by atoms with van der Waals surface area (Å²) in [5, 5.41) is -0.228. The second-order valence-corrected chi connectivity index (χ2v) is 6.62. The van der Waals surface area contributed by atoms with Gasteiger partial charge in [0.15, 0.2) is 23.8 Å². The highest BCUT2D eigenvalue weighted by Crippen LogP contribution is 2.45. The molecular weight excluding hydrogens is 388 g/mol. The third-order valence-electron chi connectivity index (χ3n) is 4.19. The van der Waals surface area contributed by atoms with Crippen molar-refractivity contribution >= 4 is 34.6 Å². The van der Waals surface area contributed by atoms with Crippen molar-refractivity contribution in [1.82, 2.24) is 14.5 Å². The number of nitrogens with zero attached hydrogens (tertiary/aromatic N) is 3. The predicted octanol–water partition coefficient (Wildman–Crippen LogP) is 2.34. The number of hydrogen-bond donors (Lipinski definition) is 0. The van der Waals surface area contributed by atoms with Crippen LogP contribution in [0, 0.1) is 5.82 Å². The van der Waals surface area contributed by atoms with Gasteiger partial charge in [0.2, 0.25) is 0 Å². The zero-order valence-corrected chi connectivity index (χ0v) is 15.4. The van der Waals surface area contributed by atoms with Crippen LogP contribution < -0.4 is 0 Å². The van der Waals surface area contributed by atoms with E-state index in [9.17, 15) is 14.0 Å². The van der Waals surface area contributed by atoms with Crippen LogP contribution in [0.1, 0.15) is 27.0 Å². The number of esters is 2. The molecule has 0 bridgehead atoms. The number of carbonyl (C=O) groups excluding carboxylic acids is 2. The van der Waals surface area contributed by atoms with Gasteiger partial charge in [-0.15, -0.1) is 0 Å². The summed E-state index contributed by atoms with van der Waals surface area (Å²) in [7, 11) is 0. The van der Waals surface area contributed by atoms with Crippen LogP contribution in [0.2, 0.25) is 5.15 Å². The fraction of sp³-hybridized carbons (Fsp3) is 0.500. The van der Waals surface area contributed by atoms with Crippen molar-refractivity contribution in [2.45, 2.75) is 44.9 Å². The van der Waals surface area contributed by atoms with Crippen LogP contribution in [0.3, 0.4) is 0 Å². The lowest BCUT2D eigenvalue weighted by Gasteiger charge is -2.27. The molecule has 3 rings (SSSR count). The fourth-order valence-electron chi connectivity index (χ4n) is 3.09. The van der Waals surface area contributed by atoms with Crippen molar-refractivity contribution < 1.29 is 32.6 Å². The summed E-state index contributed by atoms with van der Waals surface area (Å²) >= 11 is 5.90. The standard InChI is InChI=1S/C16H16ClF2N3O5/c1-7(23)25-5-10-12(26-8(2)24)16(3,19)15(27-10)22-4-9(18)11-13(17)20-6-21-14(11)22/h4,6,10,12,15H,5H2,1-3H3/t10-,12-,15-,16-/m1/s1. The molecule has 1 aliphatic rings. The first-order valence-corrected chi connectivity index (χ1v) is 8.32. The molecule has 1 saturated heterocycles. The Balaban J connectivity index is 2.04. The Hall–Kier alpha value is -2.33. The molecule has 0 N–H and O–H groups in total. The van der Waals surface area contributed by atoms with Crippen molar-refractivity contribution in [1.29, 1.82) is 0 Å². The first-order valence-electron chi connectivity index (χ1n) is 7.94. The van der Waals surface area contributed by atoms with Crippen LogP contribution >= 0.6 is 11.6 Å². The number of ether oxygens (including phenoxy) is 3. The first-order chi connectivity index (χ1) is 12.6. The maximum Gasteiger partial charge on any atom is 0.303 e. The Morgan fingerprint density at radius 3 is 2.70 bits per heavy atom. The second kappa shape index (κ2) is 7.01. The minimum atomic E-state index is -2.29.